The van der Waals surface area contributed by atoms with Gasteiger partial charge in [-0.15, -0.1) is 12.4 Å². The van der Waals surface area contributed by atoms with Crippen LogP contribution in [0.3, 0.4) is 0 Å². The molecule has 1 aromatic rings. The maximum atomic E-state index is 11.7. The lowest BCUT2D eigenvalue weighted by Gasteiger charge is -2.22. The summed E-state index contributed by atoms with van der Waals surface area (Å²) >= 11 is 0. The molecule has 0 bridgehead atoms. The van der Waals surface area contributed by atoms with Crippen LogP contribution in [0.15, 0.2) is 24.3 Å². The van der Waals surface area contributed by atoms with E-state index in [2.05, 4.69) is 17.6 Å². The number of hydrogen-bond donors (Lipinski definition) is 2. The summed E-state index contributed by atoms with van der Waals surface area (Å²) in [5.74, 6) is 1.40. The average Bonchev–Trinajstić information content (AvgIpc) is 2.54. The molecule has 2 N–H and O–H groups in total. The average molecular weight is 327 g/mol. The van der Waals surface area contributed by atoms with E-state index in [9.17, 15) is 4.79 Å². The van der Waals surface area contributed by atoms with Crippen molar-refractivity contribution in [1.29, 1.82) is 0 Å². The van der Waals surface area contributed by atoms with Crippen molar-refractivity contribution in [3.8, 4) is 5.75 Å². The number of nitrogens with one attached hydrogen (secondary N) is 2. The van der Waals surface area contributed by atoms with E-state index >= 15 is 0 Å². The number of hydrogen-bond acceptors (Lipinski definition) is 3. The van der Waals surface area contributed by atoms with Crippen LogP contribution in [0.1, 0.15) is 31.7 Å². The van der Waals surface area contributed by atoms with Crippen molar-refractivity contribution >= 4 is 18.3 Å². The number of ether oxygens (including phenoxy) is 1. The Balaban J connectivity index is 0.00000242. The smallest absolute Gasteiger partial charge is 0.257 e. The number of amides is 1. The maximum absolute atomic E-state index is 11.7. The van der Waals surface area contributed by atoms with Crippen molar-refractivity contribution in [3.63, 3.8) is 0 Å². The van der Waals surface area contributed by atoms with Gasteiger partial charge in [0.25, 0.3) is 5.91 Å². The highest BCUT2D eigenvalue weighted by atomic mass is 35.5. The fraction of sp³-hybridized carbons (Fsp3) is 0.588. The molecule has 0 aliphatic carbocycles. The van der Waals surface area contributed by atoms with E-state index < -0.39 is 0 Å². The van der Waals surface area contributed by atoms with E-state index in [-0.39, 0.29) is 24.9 Å². The van der Waals surface area contributed by atoms with Crippen LogP contribution >= 0.6 is 12.4 Å². The van der Waals surface area contributed by atoms with Crippen molar-refractivity contribution in [2.24, 2.45) is 5.92 Å². The molecule has 4 nitrogen and oxygen atoms in total. The van der Waals surface area contributed by atoms with E-state index in [0.29, 0.717) is 5.92 Å². The normalized spacial score (nSPS) is 17.4. The largest absolute Gasteiger partial charge is 0.484 e. The molecular formula is C17H27ClN2O2. The van der Waals surface area contributed by atoms with Gasteiger partial charge in [0.2, 0.25) is 0 Å². The van der Waals surface area contributed by atoms with Gasteiger partial charge in [-0.2, -0.15) is 0 Å². The van der Waals surface area contributed by atoms with Crippen LogP contribution in [-0.2, 0) is 11.2 Å². The Morgan fingerprint density at radius 1 is 1.36 bits per heavy atom. The topological polar surface area (TPSA) is 50.4 Å². The molecule has 1 amide bonds. The second kappa shape index (κ2) is 10.5. The zero-order valence-corrected chi connectivity index (χ0v) is 14.1. The first kappa shape index (κ1) is 18.8. The Kier molecular flexibility index (Phi) is 8.94. The van der Waals surface area contributed by atoms with Crippen molar-refractivity contribution in [1.82, 2.24) is 10.6 Å². The molecule has 5 heteroatoms. The van der Waals surface area contributed by atoms with Gasteiger partial charge >= 0.3 is 0 Å². The van der Waals surface area contributed by atoms with Crippen LogP contribution in [0, 0.1) is 5.92 Å². The van der Waals surface area contributed by atoms with E-state index in [1.165, 1.54) is 18.4 Å². The van der Waals surface area contributed by atoms with Crippen LogP contribution in [0.25, 0.3) is 0 Å². The van der Waals surface area contributed by atoms with Gasteiger partial charge in [0.1, 0.15) is 5.75 Å². The van der Waals surface area contributed by atoms with E-state index in [1.54, 1.807) is 0 Å². The summed E-state index contributed by atoms with van der Waals surface area (Å²) in [5.41, 5.74) is 1.27. The number of aryl methyl sites for hydroxylation is 1. The van der Waals surface area contributed by atoms with Gasteiger partial charge in [-0.05, 0) is 62.4 Å². The molecule has 22 heavy (non-hydrogen) atoms. The Morgan fingerprint density at radius 3 is 2.77 bits per heavy atom. The number of carbonyl (C=O) groups is 1. The summed E-state index contributed by atoms with van der Waals surface area (Å²) < 4.78 is 5.49. The fourth-order valence-electron chi connectivity index (χ4n) is 2.61. The molecule has 124 valence electrons. The first-order valence-corrected chi connectivity index (χ1v) is 7.97. The summed E-state index contributed by atoms with van der Waals surface area (Å²) in [6.45, 7) is 5.16. The van der Waals surface area contributed by atoms with Gasteiger partial charge < -0.3 is 15.4 Å². The minimum Gasteiger partial charge on any atom is -0.484 e. The zero-order chi connectivity index (χ0) is 14.9. The predicted molar refractivity (Wildman–Crippen MR) is 91.8 cm³/mol. The summed E-state index contributed by atoms with van der Waals surface area (Å²) in [7, 11) is 0. The first-order chi connectivity index (χ1) is 10.3. The Labute approximate surface area is 139 Å². The molecule has 0 radical (unpaired) electrons. The summed E-state index contributed by atoms with van der Waals surface area (Å²) in [5, 5.41) is 6.32. The van der Waals surface area contributed by atoms with Crippen LogP contribution in [0.5, 0.6) is 5.75 Å². The minimum absolute atomic E-state index is 0. The maximum Gasteiger partial charge on any atom is 0.257 e. The Bertz CT molecular complexity index is 431. The minimum atomic E-state index is -0.0432. The first-order valence-electron chi connectivity index (χ1n) is 7.97. The third-order valence-corrected chi connectivity index (χ3v) is 3.98. The molecule has 1 heterocycles. The third kappa shape index (κ3) is 6.67. The second-order valence-corrected chi connectivity index (χ2v) is 5.64. The number of carbonyl (C=O) groups excluding carboxylic acids is 1. The Morgan fingerprint density at radius 2 is 2.14 bits per heavy atom. The second-order valence-electron chi connectivity index (χ2n) is 5.64. The van der Waals surface area contributed by atoms with E-state index in [1.807, 2.05) is 24.3 Å². The standard InChI is InChI=1S/C17H26N2O2.ClH/c1-2-14-5-7-16(8-6-14)21-13-17(20)19-11-9-15-4-3-10-18-12-15;/h5-8,15,18H,2-4,9-13H2,1H3,(H,19,20);1H. The van der Waals surface area contributed by atoms with Crippen LogP contribution in [0.2, 0.25) is 0 Å². The Hall–Kier alpha value is -1.26. The molecule has 0 spiro atoms. The number of benzene rings is 1. The lowest BCUT2D eigenvalue weighted by Crippen LogP contribution is -2.34. The van der Waals surface area contributed by atoms with Crippen molar-refractivity contribution in [2.45, 2.75) is 32.6 Å². The molecule has 1 fully saturated rings. The number of rotatable bonds is 7. The summed E-state index contributed by atoms with van der Waals surface area (Å²) in [6.07, 6.45) is 4.57. The predicted octanol–water partition coefficient (Wildman–Crippen LogP) is 2.56. The van der Waals surface area contributed by atoms with Crippen LogP contribution < -0.4 is 15.4 Å². The van der Waals surface area contributed by atoms with Gasteiger partial charge in [-0.3, -0.25) is 4.79 Å². The van der Waals surface area contributed by atoms with Gasteiger partial charge in [0.05, 0.1) is 0 Å². The molecule has 2 rings (SSSR count). The number of halogens is 1. The molecule has 0 saturated carbocycles. The van der Waals surface area contributed by atoms with Gasteiger partial charge in [-0.1, -0.05) is 19.1 Å². The highest BCUT2D eigenvalue weighted by Crippen LogP contribution is 2.13. The quantitative estimate of drug-likeness (QED) is 0.809. The van der Waals surface area contributed by atoms with E-state index in [0.717, 1.165) is 38.2 Å². The van der Waals surface area contributed by atoms with Crippen molar-refractivity contribution in [3.05, 3.63) is 29.8 Å². The van der Waals surface area contributed by atoms with Gasteiger partial charge in [-0.25, -0.2) is 0 Å². The monoisotopic (exact) mass is 326 g/mol. The lowest BCUT2D eigenvalue weighted by molar-refractivity contribution is -0.123. The molecule has 0 aromatic heterocycles. The summed E-state index contributed by atoms with van der Waals surface area (Å²) in [4.78, 5) is 11.7. The molecule has 1 atom stereocenters. The molecule has 1 aliphatic rings. The van der Waals surface area contributed by atoms with Crippen molar-refractivity contribution in [2.75, 3.05) is 26.2 Å². The molecule has 1 unspecified atom stereocenters. The summed E-state index contributed by atoms with van der Waals surface area (Å²) in [6, 6.07) is 7.90. The molecule has 1 aliphatic heterocycles. The van der Waals surface area contributed by atoms with E-state index in [4.69, 9.17) is 4.74 Å². The zero-order valence-electron chi connectivity index (χ0n) is 13.3. The highest BCUT2D eigenvalue weighted by Gasteiger charge is 2.12. The van der Waals surface area contributed by atoms with Gasteiger partial charge in [0, 0.05) is 6.54 Å². The molecule has 1 aromatic carbocycles. The highest BCUT2D eigenvalue weighted by molar-refractivity contribution is 5.85. The fourth-order valence-corrected chi connectivity index (χ4v) is 2.61. The van der Waals surface area contributed by atoms with Crippen LogP contribution in [0.4, 0.5) is 0 Å². The SMILES string of the molecule is CCc1ccc(OCC(=O)NCCC2CCCNC2)cc1.Cl. The van der Waals surface area contributed by atoms with Crippen molar-refractivity contribution < 1.29 is 9.53 Å². The molecular weight excluding hydrogens is 300 g/mol. The molecule has 1 saturated heterocycles. The third-order valence-electron chi connectivity index (χ3n) is 3.98. The lowest BCUT2D eigenvalue weighted by atomic mass is 9.96. The van der Waals surface area contributed by atoms with Crippen LogP contribution in [-0.4, -0.2) is 32.1 Å². The number of piperidine rings is 1. The van der Waals surface area contributed by atoms with Gasteiger partial charge in [0.15, 0.2) is 6.61 Å².